The molecule has 0 aliphatic carbocycles. The van der Waals surface area contributed by atoms with Crippen molar-refractivity contribution in [2.45, 2.75) is 302 Å². The predicted octanol–water partition coefficient (Wildman–Crippen LogP) is 16.7. The molecule has 6 unspecified atom stereocenters. The third-order valence-corrected chi connectivity index (χ3v) is 13.9. The van der Waals surface area contributed by atoms with Gasteiger partial charge in [-0.1, -0.05) is 215 Å². The molecule has 0 aromatic rings. The molecule has 0 spiro atoms. The van der Waals surface area contributed by atoms with Crippen molar-refractivity contribution < 1.29 is 58.2 Å². The summed E-state index contributed by atoms with van der Waals surface area (Å²) in [6, 6.07) is 0. The van der Waals surface area contributed by atoms with Gasteiger partial charge in [-0.2, -0.15) is 0 Å². The summed E-state index contributed by atoms with van der Waals surface area (Å²) in [4.78, 5) is 51.3. The normalized spacial score (nSPS) is 18.4. The van der Waals surface area contributed by atoms with Gasteiger partial charge >= 0.3 is 23.9 Å². The Morgan fingerprint density at radius 2 is 0.797 bits per heavy atom. The van der Waals surface area contributed by atoms with E-state index < -0.39 is 67.3 Å². The molecule has 0 aromatic carbocycles. The smallest absolute Gasteiger partial charge is 0.335 e. The molecule has 12 nitrogen and oxygen atoms in total. The van der Waals surface area contributed by atoms with Crippen LogP contribution < -0.4 is 0 Å². The van der Waals surface area contributed by atoms with E-state index in [1.54, 1.807) is 0 Å². The number of hydrogen-bond acceptors (Lipinski definition) is 11. The standard InChI is InChI=1S/C67H112O12/c1-4-7-10-13-16-19-22-25-28-29-30-31-34-35-38-41-44-47-50-53-59(68)75-56-58(77-60(69)54-51-48-45-42-39-36-32-26-23-20-17-14-11-8-5-2)57-76-67-65(63(72)62(71)64(79-67)66(73)74)78-61(70)55-52-49-46-43-40-37-33-27-24-21-18-15-12-9-6-3/h7,10,16,18-19,21,25-28,30-33,58,62-65,67,71-72H,4-6,8-9,11-15,17,20,22-24,29,34-57H2,1-3H3,(H,73,74)/b10-7-,19-16-,21-18-,28-25-,31-30-,32-26-,33-27-. The molecule has 0 amide bonds. The average molecular weight is 1110 g/mol. The van der Waals surface area contributed by atoms with Gasteiger partial charge in [0.15, 0.2) is 24.6 Å². The van der Waals surface area contributed by atoms with E-state index in [2.05, 4.69) is 106 Å². The zero-order valence-corrected chi connectivity index (χ0v) is 49.8. The second-order valence-electron chi connectivity index (χ2n) is 21.3. The summed E-state index contributed by atoms with van der Waals surface area (Å²) in [5, 5.41) is 31.5. The molecule has 0 bridgehead atoms. The van der Waals surface area contributed by atoms with Crippen molar-refractivity contribution >= 4 is 23.9 Å². The lowest BCUT2D eigenvalue weighted by atomic mass is 9.98. The number of rotatable bonds is 53. The van der Waals surface area contributed by atoms with Gasteiger partial charge in [-0.3, -0.25) is 14.4 Å². The minimum Gasteiger partial charge on any atom is -0.479 e. The number of aliphatic carboxylic acids is 1. The summed E-state index contributed by atoms with van der Waals surface area (Å²) >= 11 is 0. The topological polar surface area (TPSA) is 175 Å². The highest BCUT2D eigenvalue weighted by molar-refractivity contribution is 5.74. The van der Waals surface area contributed by atoms with Crippen molar-refractivity contribution in [3.8, 4) is 0 Å². The van der Waals surface area contributed by atoms with Crippen LogP contribution in [0.2, 0.25) is 0 Å². The molecule has 1 saturated heterocycles. The number of aliphatic hydroxyl groups excluding tert-OH is 2. The summed E-state index contributed by atoms with van der Waals surface area (Å²) in [7, 11) is 0. The third-order valence-electron chi connectivity index (χ3n) is 13.9. The van der Waals surface area contributed by atoms with Crippen molar-refractivity contribution in [2.75, 3.05) is 13.2 Å². The fourth-order valence-corrected chi connectivity index (χ4v) is 9.09. The molecule has 0 saturated carbocycles. The zero-order chi connectivity index (χ0) is 57.5. The molecule has 1 fully saturated rings. The number of esters is 3. The Balaban J connectivity index is 2.69. The Morgan fingerprint density at radius 3 is 1.25 bits per heavy atom. The molecule has 12 heteroatoms. The maximum Gasteiger partial charge on any atom is 0.335 e. The van der Waals surface area contributed by atoms with Gasteiger partial charge < -0.3 is 39.0 Å². The van der Waals surface area contributed by atoms with E-state index >= 15 is 0 Å². The third kappa shape index (κ3) is 44.3. The lowest BCUT2D eigenvalue weighted by molar-refractivity contribution is -0.301. The first-order valence-corrected chi connectivity index (χ1v) is 31.6. The van der Waals surface area contributed by atoms with Gasteiger partial charge in [0, 0.05) is 19.3 Å². The number of allylic oxidation sites excluding steroid dienone is 14. The Morgan fingerprint density at radius 1 is 0.430 bits per heavy atom. The lowest BCUT2D eigenvalue weighted by Gasteiger charge is -2.40. The number of carboxylic acid groups (broad SMARTS) is 1. The van der Waals surface area contributed by atoms with Crippen LogP contribution in [0, 0.1) is 0 Å². The minimum absolute atomic E-state index is 0.0398. The molecular weight excluding hydrogens is 997 g/mol. The van der Waals surface area contributed by atoms with Gasteiger partial charge in [0.1, 0.15) is 18.8 Å². The molecule has 1 rings (SSSR count). The summed E-state index contributed by atoms with van der Waals surface area (Å²) in [5.41, 5.74) is 0. The van der Waals surface area contributed by atoms with E-state index in [1.807, 2.05) is 0 Å². The van der Waals surface area contributed by atoms with Gasteiger partial charge in [-0.05, 0) is 116 Å². The van der Waals surface area contributed by atoms with Crippen LogP contribution in [0.25, 0.3) is 0 Å². The van der Waals surface area contributed by atoms with Gasteiger partial charge in [0.05, 0.1) is 6.61 Å². The molecule has 79 heavy (non-hydrogen) atoms. The number of carbonyl (C=O) groups excluding carboxylic acids is 3. The van der Waals surface area contributed by atoms with Crippen LogP contribution in [0.3, 0.4) is 0 Å². The van der Waals surface area contributed by atoms with Crippen LogP contribution in [0.4, 0.5) is 0 Å². The van der Waals surface area contributed by atoms with Crippen molar-refractivity contribution in [3.05, 3.63) is 85.1 Å². The highest BCUT2D eigenvalue weighted by atomic mass is 16.7. The van der Waals surface area contributed by atoms with Crippen molar-refractivity contribution in [1.82, 2.24) is 0 Å². The van der Waals surface area contributed by atoms with Gasteiger partial charge in [-0.15, -0.1) is 0 Å². The Labute approximate surface area is 480 Å². The Kier molecular flexibility index (Phi) is 50.3. The van der Waals surface area contributed by atoms with E-state index in [-0.39, 0.29) is 25.9 Å². The van der Waals surface area contributed by atoms with Crippen LogP contribution in [0.15, 0.2) is 85.1 Å². The van der Waals surface area contributed by atoms with E-state index in [9.17, 15) is 34.5 Å². The molecule has 1 heterocycles. The number of aliphatic hydroxyl groups is 2. The van der Waals surface area contributed by atoms with Crippen LogP contribution in [-0.4, -0.2) is 89.2 Å². The maximum absolute atomic E-state index is 13.2. The molecule has 452 valence electrons. The van der Waals surface area contributed by atoms with Gasteiger partial charge in [-0.25, -0.2) is 4.79 Å². The monoisotopic (exact) mass is 1110 g/mol. The van der Waals surface area contributed by atoms with Gasteiger partial charge in [0.25, 0.3) is 0 Å². The van der Waals surface area contributed by atoms with Crippen LogP contribution in [-0.2, 0) is 42.9 Å². The number of ether oxygens (including phenoxy) is 5. The highest BCUT2D eigenvalue weighted by Gasteiger charge is 2.50. The minimum atomic E-state index is -1.91. The molecule has 0 aromatic heterocycles. The number of carboxylic acids is 1. The molecule has 3 N–H and O–H groups in total. The SMILES string of the molecule is CC/C=C\C/C=C\C/C=C\C/C=C\CCCCCCCCC(=O)OCC(COC1OC(C(=O)O)C(O)C(O)C1OC(=O)CCCCCCC/C=C\C/C=C\CCCCC)OC(=O)CCCCCCC/C=C\CCCCCCCC. The van der Waals surface area contributed by atoms with Crippen LogP contribution >= 0.6 is 0 Å². The predicted molar refractivity (Wildman–Crippen MR) is 321 cm³/mol. The first-order valence-electron chi connectivity index (χ1n) is 31.6. The van der Waals surface area contributed by atoms with Crippen molar-refractivity contribution in [1.29, 1.82) is 0 Å². The number of hydrogen-bond donors (Lipinski definition) is 3. The lowest BCUT2D eigenvalue weighted by Crippen LogP contribution is -2.61. The van der Waals surface area contributed by atoms with Gasteiger partial charge in [0.2, 0.25) is 0 Å². The maximum atomic E-state index is 13.2. The van der Waals surface area contributed by atoms with Crippen LogP contribution in [0.5, 0.6) is 0 Å². The molecule has 6 atom stereocenters. The zero-order valence-electron chi connectivity index (χ0n) is 49.8. The molecule has 1 aliphatic heterocycles. The fraction of sp³-hybridized carbons (Fsp3) is 0.731. The Hall–Kier alpha value is -4.10. The highest BCUT2D eigenvalue weighted by Crippen LogP contribution is 2.26. The summed E-state index contributed by atoms with van der Waals surface area (Å²) in [6.45, 7) is 5.84. The summed E-state index contributed by atoms with van der Waals surface area (Å²) in [6.07, 6.45) is 58.2. The molecule has 0 radical (unpaired) electrons. The van der Waals surface area contributed by atoms with Crippen molar-refractivity contribution in [2.24, 2.45) is 0 Å². The van der Waals surface area contributed by atoms with E-state index in [1.165, 1.54) is 57.8 Å². The molecule has 1 aliphatic rings. The second kappa shape index (κ2) is 54.5. The summed E-state index contributed by atoms with van der Waals surface area (Å²) in [5.74, 6) is -3.16. The quantitative estimate of drug-likeness (QED) is 0.0228. The summed E-state index contributed by atoms with van der Waals surface area (Å²) < 4.78 is 28.5. The average Bonchev–Trinajstić information content (AvgIpc) is 3.46. The van der Waals surface area contributed by atoms with Crippen molar-refractivity contribution in [3.63, 3.8) is 0 Å². The van der Waals surface area contributed by atoms with E-state index in [0.29, 0.717) is 19.3 Å². The van der Waals surface area contributed by atoms with Crippen LogP contribution in [0.1, 0.15) is 265 Å². The first kappa shape index (κ1) is 72.9. The second-order valence-corrected chi connectivity index (χ2v) is 21.3. The number of carbonyl (C=O) groups is 4. The fourth-order valence-electron chi connectivity index (χ4n) is 9.09. The first-order chi connectivity index (χ1) is 38.6. The van der Waals surface area contributed by atoms with E-state index in [4.69, 9.17) is 23.7 Å². The van der Waals surface area contributed by atoms with E-state index in [0.717, 1.165) is 148 Å². The Bertz CT molecular complexity index is 1700. The number of unbranched alkanes of at least 4 members (excludes halogenated alkanes) is 25. The largest absolute Gasteiger partial charge is 0.479 e. The molecular formula is C67H112O12.